The molecule has 2 saturated heterocycles. The number of nitrogens with zero attached hydrogens (tertiary/aromatic N) is 6. The van der Waals surface area contributed by atoms with Crippen LogP contribution in [0, 0.1) is 11.8 Å². The predicted octanol–water partition coefficient (Wildman–Crippen LogP) is -2.77. The van der Waals surface area contributed by atoms with Crippen molar-refractivity contribution in [3.63, 3.8) is 0 Å². The number of fused-ring (bicyclic) bond motifs is 1. The van der Waals surface area contributed by atoms with E-state index in [0.29, 0.717) is 17.9 Å². The molecule has 16 heteroatoms. The smallest absolute Gasteiger partial charge is 0.353 e. The molecule has 0 saturated carbocycles. The number of hydrogen-bond donors (Lipinski definition) is 5. The summed E-state index contributed by atoms with van der Waals surface area (Å²) in [6.45, 7) is 3.75. The SMILES string of the molecule is CC(NC(=O)Cn1cnnn1)[C@H]1C(=O)N2C(C(=O)O)=C(S[C@@H]3CN[C@H](C(=O)N(CCO)CCO)C3)[C@H](C)[C@H]12. The molecule has 0 bridgehead atoms. The van der Waals surface area contributed by atoms with Gasteiger partial charge >= 0.3 is 5.97 Å². The average molecular weight is 553 g/mol. The molecule has 6 atom stereocenters. The van der Waals surface area contributed by atoms with Crippen molar-refractivity contribution < 1.29 is 34.5 Å². The number of rotatable bonds is 12. The van der Waals surface area contributed by atoms with Gasteiger partial charge in [-0.3, -0.25) is 14.4 Å². The highest BCUT2D eigenvalue weighted by atomic mass is 32.2. The standard InChI is InChI=1S/C22H32N8O7S/c1-11-17-16(12(2)25-15(33)9-29-10-24-26-27-29)21(35)30(17)18(22(36)37)19(11)38-13-7-14(23-8-13)20(34)28(3-5-31)4-6-32/h10-14,16-17,23,31-32H,3-9H2,1-2H3,(H,25,33)(H,36,37)/t11-,12?,13+,14+,16-,17-/m1/s1. The molecule has 3 aliphatic rings. The zero-order valence-corrected chi connectivity index (χ0v) is 21.9. The summed E-state index contributed by atoms with van der Waals surface area (Å²) >= 11 is 1.36. The normalized spacial score (nSPS) is 27.2. The molecular weight excluding hydrogens is 520 g/mol. The molecule has 3 aliphatic heterocycles. The van der Waals surface area contributed by atoms with E-state index in [4.69, 9.17) is 0 Å². The number of tetrazole rings is 1. The van der Waals surface area contributed by atoms with Gasteiger partial charge in [-0.1, -0.05) is 6.92 Å². The molecule has 5 N–H and O–H groups in total. The van der Waals surface area contributed by atoms with E-state index >= 15 is 0 Å². The Balaban J connectivity index is 1.41. The fourth-order valence-corrected chi connectivity index (χ4v) is 6.92. The summed E-state index contributed by atoms with van der Waals surface area (Å²) in [5.41, 5.74) is -0.0436. The van der Waals surface area contributed by atoms with Crippen molar-refractivity contribution in [1.29, 1.82) is 0 Å². The van der Waals surface area contributed by atoms with Gasteiger partial charge in [0.1, 0.15) is 18.6 Å². The highest BCUT2D eigenvalue weighted by Crippen LogP contribution is 2.51. The zero-order valence-electron chi connectivity index (χ0n) is 21.1. The number of hydrogen-bond acceptors (Lipinski definition) is 11. The number of thioether (sulfide) groups is 1. The van der Waals surface area contributed by atoms with E-state index in [9.17, 15) is 34.5 Å². The van der Waals surface area contributed by atoms with Gasteiger partial charge in [0.2, 0.25) is 17.7 Å². The van der Waals surface area contributed by atoms with Gasteiger partial charge in [0, 0.05) is 41.7 Å². The van der Waals surface area contributed by atoms with Crippen molar-refractivity contribution >= 4 is 35.5 Å². The summed E-state index contributed by atoms with van der Waals surface area (Å²) in [6, 6.07) is -1.46. The lowest BCUT2D eigenvalue weighted by Crippen LogP contribution is -2.66. The van der Waals surface area contributed by atoms with E-state index < -0.39 is 30.0 Å². The van der Waals surface area contributed by atoms with Crippen molar-refractivity contribution in [3.8, 4) is 0 Å². The van der Waals surface area contributed by atoms with E-state index in [-0.39, 0.29) is 67.4 Å². The molecule has 0 aromatic carbocycles. The minimum absolute atomic E-state index is 0.0436. The molecule has 208 valence electrons. The quantitative estimate of drug-likeness (QED) is 0.167. The number of carbonyl (C=O) groups is 4. The number of aliphatic hydroxyl groups excluding tert-OH is 2. The Labute approximate surface area is 222 Å². The number of amides is 3. The van der Waals surface area contributed by atoms with Crippen molar-refractivity contribution in [2.75, 3.05) is 32.8 Å². The number of aromatic nitrogens is 4. The first-order valence-corrected chi connectivity index (χ1v) is 13.3. The Kier molecular flexibility index (Phi) is 8.64. The molecule has 0 spiro atoms. The van der Waals surface area contributed by atoms with Crippen LogP contribution in [0.25, 0.3) is 0 Å². The molecule has 4 heterocycles. The van der Waals surface area contributed by atoms with Gasteiger partial charge in [0.15, 0.2) is 0 Å². The number of aliphatic hydroxyl groups is 2. The van der Waals surface area contributed by atoms with Crippen LogP contribution in [0.5, 0.6) is 0 Å². The van der Waals surface area contributed by atoms with Crippen molar-refractivity contribution in [3.05, 3.63) is 16.9 Å². The van der Waals surface area contributed by atoms with Crippen molar-refractivity contribution in [2.45, 2.75) is 50.2 Å². The summed E-state index contributed by atoms with van der Waals surface area (Å²) in [5, 5.41) is 44.9. The van der Waals surface area contributed by atoms with Crippen LogP contribution in [-0.4, -0.2) is 125 Å². The van der Waals surface area contributed by atoms with Crippen LogP contribution >= 0.6 is 11.8 Å². The molecule has 0 aliphatic carbocycles. The summed E-state index contributed by atoms with van der Waals surface area (Å²) in [7, 11) is 0. The molecule has 38 heavy (non-hydrogen) atoms. The van der Waals surface area contributed by atoms with Crippen molar-refractivity contribution in [1.82, 2.24) is 40.6 Å². The lowest BCUT2D eigenvalue weighted by atomic mass is 9.78. The Hall–Kier alpha value is -3.08. The van der Waals surface area contributed by atoms with E-state index in [1.807, 2.05) is 6.92 Å². The molecule has 1 aromatic heterocycles. The predicted molar refractivity (Wildman–Crippen MR) is 132 cm³/mol. The van der Waals surface area contributed by atoms with Gasteiger partial charge in [-0.25, -0.2) is 9.48 Å². The number of carbonyl (C=O) groups excluding carboxylic acids is 3. The zero-order chi connectivity index (χ0) is 27.6. The third-order valence-electron chi connectivity index (χ3n) is 7.15. The van der Waals surface area contributed by atoms with Crippen LogP contribution in [0.1, 0.15) is 20.3 Å². The monoisotopic (exact) mass is 552 g/mol. The van der Waals surface area contributed by atoms with Gasteiger partial charge < -0.3 is 35.8 Å². The average Bonchev–Trinajstić information content (AvgIpc) is 3.59. The van der Waals surface area contributed by atoms with Gasteiger partial charge in [0.25, 0.3) is 0 Å². The second-order valence-corrected chi connectivity index (χ2v) is 10.9. The maximum Gasteiger partial charge on any atom is 0.353 e. The van der Waals surface area contributed by atoms with Crippen LogP contribution in [0.2, 0.25) is 0 Å². The van der Waals surface area contributed by atoms with Gasteiger partial charge in [-0.15, -0.1) is 16.9 Å². The molecule has 1 aromatic rings. The number of carboxylic acids is 1. The molecule has 3 amide bonds. The first-order valence-electron chi connectivity index (χ1n) is 12.4. The maximum absolute atomic E-state index is 13.1. The molecule has 2 fully saturated rings. The first kappa shape index (κ1) is 27.9. The second kappa shape index (κ2) is 11.8. The molecule has 0 radical (unpaired) electrons. The van der Waals surface area contributed by atoms with E-state index in [1.54, 1.807) is 6.92 Å². The minimum Gasteiger partial charge on any atom is -0.477 e. The summed E-state index contributed by atoms with van der Waals surface area (Å²) in [6.07, 6.45) is 1.74. The number of aliphatic carboxylic acids is 1. The van der Waals surface area contributed by atoms with E-state index in [1.165, 1.54) is 32.6 Å². The number of carboxylic acid groups (broad SMARTS) is 1. The third kappa shape index (κ3) is 5.39. The van der Waals surface area contributed by atoms with E-state index in [2.05, 4.69) is 26.2 Å². The van der Waals surface area contributed by atoms with Gasteiger partial charge in [-0.05, 0) is 23.8 Å². The highest BCUT2D eigenvalue weighted by Gasteiger charge is 2.60. The summed E-state index contributed by atoms with van der Waals surface area (Å²) in [4.78, 5) is 53.8. The van der Waals surface area contributed by atoms with Crippen LogP contribution < -0.4 is 10.6 Å². The largest absolute Gasteiger partial charge is 0.477 e. The lowest BCUT2D eigenvalue weighted by molar-refractivity contribution is -0.158. The van der Waals surface area contributed by atoms with Crippen LogP contribution in [0.3, 0.4) is 0 Å². The molecular formula is C22H32N8O7S. The fourth-order valence-electron chi connectivity index (χ4n) is 5.44. The molecule has 4 rings (SSSR count). The number of nitrogens with one attached hydrogen (secondary N) is 2. The first-order chi connectivity index (χ1) is 18.2. The molecule has 15 nitrogen and oxygen atoms in total. The Morgan fingerprint density at radius 3 is 2.61 bits per heavy atom. The van der Waals surface area contributed by atoms with Gasteiger partial charge in [-0.2, -0.15) is 0 Å². The van der Waals surface area contributed by atoms with Crippen LogP contribution in [0.15, 0.2) is 16.9 Å². The fraction of sp³-hybridized carbons (Fsp3) is 0.682. The number of β-lactam (4-membered cyclic amide) rings is 1. The topological polar surface area (TPSA) is 203 Å². The van der Waals surface area contributed by atoms with Gasteiger partial charge in [0.05, 0.1) is 31.2 Å². The van der Waals surface area contributed by atoms with Crippen LogP contribution in [0.4, 0.5) is 0 Å². The highest BCUT2D eigenvalue weighted by molar-refractivity contribution is 8.03. The third-order valence-corrected chi connectivity index (χ3v) is 8.66. The summed E-state index contributed by atoms with van der Waals surface area (Å²) < 4.78 is 1.26. The van der Waals surface area contributed by atoms with Crippen LogP contribution in [-0.2, 0) is 25.7 Å². The van der Waals surface area contributed by atoms with E-state index in [0.717, 1.165) is 0 Å². The minimum atomic E-state index is -1.19. The molecule has 1 unspecified atom stereocenters. The Morgan fingerprint density at radius 1 is 1.29 bits per heavy atom. The lowest BCUT2D eigenvalue weighted by Gasteiger charge is -2.47. The Morgan fingerprint density at radius 2 is 2.00 bits per heavy atom. The van der Waals surface area contributed by atoms with Crippen molar-refractivity contribution in [2.24, 2.45) is 11.8 Å². The Bertz CT molecular complexity index is 1090. The summed E-state index contributed by atoms with van der Waals surface area (Å²) in [5.74, 6) is -3.01. The maximum atomic E-state index is 13.1. The second-order valence-electron chi connectivity index (χ2n) is 9.60.